The Labute approximate surface area is 173 Å². The van der Waals surface area contributed by atoms with E-state index in [1.54, 1.807) is 18.2 Å². The van der Waals surface area contributed by atoms with Crippen LogP contribution in [0.3, 0.4) is 0 Å². The lowest BCUT2D eigenvalue weighted by Crippen LogP contribution is -1.99. The topological polar surface area (TPSA) is 43.1 Å². The number of carbonyl (C=O) groups is 1. The third-order valence-electron chi connectivity index (χ3n) is 5.06. The van der Waals surface area contributed by atoms with Gasteiger partial charge in [0.1, 0.15) is 11.3 Å². The Morgan fingerprint density at radius 2 is 1.70 bits per heavy atom. The van der Waals surface area contributed by atoms with E-state index in [0.717, 1.165) is 25.7 Å². The average Bonchev–Trinajstić information content (AvgIpc) is 3.19. The van der Waals surface area contributed by atoms with E-state index in [9.17, 15) is 13.6 Å². The van der Waals surface area contributed by atoms with Crippen LogP contribution in [0.2, 0.25) is 0 Å². The summed E-state index contributed by atoms with van der Waals surface area (Å²) >= 11 is 0. The smallest absolute Gasteiger partial charge is 0.264 e. The van der Waals surface area contributed by atoms with Gasteiger partial charge < -0.3 is 4.42 Å². The minimum Gasteiger partial charge on any atom is -0.434 e. The number of hydrogen-bond acceptors (Lipinski definition) is 3. The van der Waals surface area contributed by atoms with Crippen molar-refractivity contribution in [3.63, 3.8) is 0 Å². The van der Waals surface area contributed by atoms with Crippen LogP contribution in [-0.2, 0) is 6.42 Å². The van der Waals surface area contributed by atoms with Gasteiger partial charge in [-0.15, -0.1) is 0 Å². The molecule has 0 fully saturated rings. The second-order valence-corrected chi connectivity index (χ2v) is 7.30. The molecule has 0 radical (unpaired) electrons. The number of benzene rings is 3. The molecule has 0 aliphatic heterocycles. The average molecular weight is 405 g/mol. The summed E-state index contributed by atoms with van der Waals surface area (Å²) in [7, 11) is 0. The fourth-order valence-electron chi connectivity index (χ4n) is 3.49. The maximum Gasteiger partial charge on any atom is 0.264 e. The molecule has 1 heterocycles. The van der Waals surface area contributed by atoms with Crippen molar-refractivity contribution in [2.24, 2.45) is 0 Å². The van der Waals surface area contributed by atoms with Crippen molar-refractivity contribution >= 4 is 16.9 Å². The number of oxazole rings is 1. The number of fused-ring (bicyclic) bond motifs is 1. The van der Waals surface area contributed by atoms with Gasteiger partial charge in [-0.25, -0.2) is 13.8 Å². The van der Waals surface area contributed by atoms with Crippen molar-refractivity contribution in [1.82, 2.24) is 4.98 Å². The summed E-state index contributed by atoms with van der Waals surface area (Å²) < 4.78 is 33.5. The molecule has 4 rings (SSSR count). The second-order valence-electron chi connectivity index (χ2n) is 7.30. The van der Waals surface area contributed by atoms with Crippen LogP contribution < -0.4 is 0 Å². The highest BCUT2D eigenvalue weighted by Gasteiger charge is 2.18. The third-order valence-corrected chi connectivity index (χ3v) is 5.06. The van der Waals surface area contributed by atoms with Crippen LogP contribution in [0.15, 0.2) is 71.1 Å². The Kier molecular flexibility index (Phi) is 5.98. The first-order valence-electron chi connectivity index (χ1n) is 10.0. The Bertz CT molecular complexity index is 1170. The van der Waals surface area contributed by atoms with E-state index in [2.05, 4.69) is 17.1 Å². The van der Waals surface area contributed by atoms with Crippen molar-refractivity contribution in [2.75, 3.05) is 0 Å². The Morgan fingerprint density at radius 3 is 2.50 bits per heavy atom. The number of rotatable bonds is 8. The van der Waals surface area contributed by atoms with Crippen LogP contribution in [0.5, 0.6) is 0 Å². The number of unbranched alkanes of at least 4 members (excludes halogenated alkanes) is 2. The molecule has 0 aliphatic carbocycles. The number of carbonyl (C=O) groups excluding carboxylic acids is 1. The third kappa shape index (κ3) is 4.62. The number of aryl methyl sites for hydroxylation is 1. The Morgan fingerprint density at radius 1 is 0.867 bits per heavy atom. The highest BCUT2D eigenvalue weighted by molar-refractivity contribution is 5.94. The lowest BCUT2D eigenvalue weighted by Gasteiger charge is -2.02. The van der Waals surface area contributed by atoms with Crippen LogP contribution in [-0.4, -0.2) is 10.8 Å². The summed E-state index contributed by atoms with van der Waals surface area (Å²) in [6.07, 6.45) is 3.92. The largest absolute Gasteiger partial charge is 0.434 e. The summed E-state index contributed by atoms with van der Waals surface area (Å²) in [6.45, 7) is 0. The predicted molar refractivity (Wildman–Crippen MR) is 112 cm³/mol. The lowest BCUT2D eigenvalue weighted by molar-refractivity contribution is 0.0947. The van der Waals surface area contributed by atoms with E-state index in [1.165, 1.54) is 23.8 Å². The van der Waals surface area contributed by atoms with Gasteiger partial charge in [-0.2, -0.15) is 0 Å². The number of nitrogens with zero attached hydrogens (tertiary/aromatic N) is 1. The van der Waals surface area contributed by atoms with Crippen molar-refractivity contribution < 1.29 is 18.0 Å². The summed E-state index contributed by atoms with van der Waals surface area (Å²) in [5.74, 6) is -1.33. The van der Waals surface area contributed by atoms with Crippen molar-refractivity contribution in [3.05, 3.63) is 89.8 Å². The molecule has 0 unspecified atom stereocenters. The van der Waals surface area contributed by atoms with Gasteiger partial charge in [0.15, 0.2) is 11.4 Å². The number of halogens is 2. The van der Waals surface area contributed by atoms with Gasteiger partial charge >= 0.3 is 0 Å². The molecule has 4 aromatic rings. The van der Waals surface area contributed by atoms with Crippen molar-refractivity contribution in [1.29, 1.82) is 0 Å². The van der Waals surface area contributed by atoms with Crippen LogP contribution in [0.4, 0.5) is 8.78 Å². The summed E-state index contributed by atoms with van der Waals surface area (Å²) in [5, 5.41) is 0. The molecule has 1 aromatic heterocycles. The summed E-state index contributed by atoms with van der Waals surface area (Å²) in [6, 6.07) is 19.0. The zero-order valence-electron chi connectivity index (χ0n) is 16.4. The first-order valence-corrected chi connectivity index (χ1v) is 10.0. The van der Waals surface area contributed by atoms with E-state index in [1.807, 2.05) is 18.2 Å². The molecule has 0 bridgehead atoms. The van der Waals surface area contributed by atoms with Gasteiger partial charge in [-0.1, -0.05) is 48.9 Å². The maximum absolute atomic E-state index is 14.5. The molecular formula is C25H21F2NO2. The molecule has 3 nitrogen and oxygen atoms in total. The van der Waals surface area contributed by atoms with E-state index in [4.69, 9.17) is 4.42 Å². The molecular weight excluding hydrogens is 384 g/mol. The molecule has 0 aliphatic rings. The Balaban J connectivity index is 1.40. The molecule has 0 saturated heterocycles. The second kappa shape index (κ2) is 8.99. The number of Topliss-reactive ketones (excluding diaryl/α,β-unsaturated/α-hetero) is 1. The molecule has 152 valence electrons. The van der Waals surface area contributed by atoms with Crippen LogP contribution in [0, 0.1) is 11.6 Å². The number of hydrogen-bond donors (Lipinski definition) is 0. The summed E-state index contributed by atoms with van der Waals surface area (Å²) in [4.78, 5) is 16.5. The molecule has 0 amide bonds. The van der Waals surface area contributed by atoms with Gasteiger partial charge in [0, 0.05) is 6.42 Å². The highest BCUT2D eigenvalue weighted by Crippen LogP contribution is 2.28. The van der Waals surface area contributed by atoms with Gasteiger partial charge in [0.25, 0.3) is 5.89 Å². The fraction of sp³-hybridized carbons (Fsp3) is 0.200. The minimum absolute atomic E-state index is 0.0163. The molecule has 0 spiro atoms. The molecule has 3 aromatic carbocycles. The first-order chi connectivity index (χ1) is 14.6. The van der Waals surface area contributed by atoms with Crippen LogP contribution in [0.1, 0.15) is 41.9 Å². The van der Waals surface area contributed by atoms with Gasteiger partial charge in [-0.05, 0) is 60.2 Å². The number of aromatic nitrogens is 1. The monoisotopic (exact) mass is 405 g/mol. The summed E-state index contributed by atoms with van der Waals surface area (Å²) in [5.41, 5.74) is 2.48. The van der Waals surface area contributed by atoms with E-state index in [0.29, 0.717) is 17.5 Å². The standard InChI is InChI=1S/C25H21F2NO2/c26-20-12-7-11-18(14-20)19-15-21(27)24-23(16-19)30-25(28-24)22(29)13-6-2-5-10-17-8-3-1-4-9-17/h1,3-4,7-9,11-12,14-16H,2,5-6,10,13H2. The van der Waals surface area contributed by atoms with Gasteiger partial charge in [0.2, 0.25) is 5.78 Å². The normalized spacial score (nSPS) is 11.1. The highest BCUT2D eigenvalue weighted by atomic mass is 19.1. The minimum atomic E-state index is -0.600. The number of ketones is 1. The fourth-order valence-corrected chi connectivity index (χ4v) is 3.49. The SMILES string of the molecule is O=C(CCCCCc1ccccc1)c1nc2c(F)cc(-c3cccc(F)c3)cc2o1. The van der Waals surface area contributed by atoms with Crippen molar-refractivity contribution in [2.45, 2.75) is 32.1 Å². The quantitative estimate of drug-likeness (QED) is 0.240. The van der Waals surface area contributed by atoms with E-state index in [-0.39, 0.29) is 22.8 Å². The van der Waals surface area contributed by atoms with Crippen LogP contribution in [0.25, 0.3) is 22.2 Å². The molecule has 0 saturated carbocycles. The Hall–Kier alpha value is -3.34. The molecule has 0 N–H and O–H groups in total. The molecule has 0 atom stereocenters. The van der Waals surface area contributed by atoms with Crippen LogP contribution >= 0.6 is 0 Å². The molecule has 5 heteroatoms. The van der Waals surface area contributed by atoms with Crippen molar-refractivity contribution in [3.8, 4) is 11.1 Å². The first kappa shape index (κ1) is 20.0. The van der Waals surface area contributed by atoms with Gasteiger partial charge in [0.05, 0.1) is 0 Å². The van der Waals surface area contributed by atoms with Gasteiger partial charge in [-0.3, -0.25) is 4.79 Å². The zero-order valence-corrected chi connectivity index (χ0v) is 16.4. The lowest BCUT2D eigenvalue weighted by atomic mass is 10.1. The van der Waals surface area contributed by atoms with E-state index >= 15 is 0 Å². The predicted octanol–water partition coefficient (Wildman–Crippen LogP) is 6.76. The maximum atomic E-state index is 14.5. The molecule has 30 heavy (non-hydrogen) atoms. The van der Waals surface area contributed by atoms with E-state index < -0.39 is 11.6 Å². The zero-order chi connectivity index (χ0) is 20.9.